The van der Waals surface area contributed by atoms with Crippen molar-refractivity contribution >= 4 is 23.4 Å². The highest BCUT2D eigenvalue weighted by Crippen LogP contribution is 2.02. The van der Waals surface area contributed by atoms with Crippen molar-refractivity contribution in [3.8, 4) is 0 Å². The molecule has 1 heterocycles. The molecule has 1 aromatic heterocycles. The minimum atomic E-state index is -0.324. The lowest BCUT2D eigenvalue weighted by atomic mass is 10.2. The number of carbonyl (C=O) groups is 1. The van der Waals surface area contributed by atoms with Crippen LogP contribution < -0.4 is 10.00 Å². The summed E-state index contributed by atoms with van der Waals surface area (Å²) in [6.07, 6.45) is 1.61. The van der Waals surface area contributed by atoms with Crippen LogP contribution in [0.25, 0.3) is 0 Å². The highest BCUT2D eigenvalue weighted by atomic mass is 35.5. The summed E-state index contributed by atoms with van der Waals surface area (Å²) in [4.78, 5) is 11.0. The normalized spacial score (nSPS) is 10.2. The predicted molar refractivity (Wildman–Crippen MR) is 61.6 cm³/mol. The second-order valence-electron chi connectivity index (χ2n) is 3.43. The largest absolute Gasteiger partial charge is 0.302 e. The van der Waals surface area contributed by atoms with E-state index in [0.717, 1.165) is 5.56 Å². The number of hydrogen-bond donors (Lipinski definition) is 1. The minimum absolute atomic E-state index is 0.112. The van der Waals surface area contributed by atoms with Crippen LogP contribution in [0.1, 0.15) is 5.56 Å². The van der Waals surface area contributed by atoms with Crippen molar-refractivity contribution in [3.63, 3.8) is 0 Å². The summed E-state index contributed by atoms with van der Waals surface area (Å²) in [6.45, 7) is 0.584. The molecule has 2 rings (SSSR count). The molecule has 17 heavy (non-hydrogen) atoms. The van der Waals surface area contributed by atoms with Gasteiger partial charge in [-0.05, 0) is 4.68 Å². The van der Waals surface area contributed by atoms with Gasteiger partial charge in [0.25, 0.3) is 6.20 Å². The van der Waals surface area contributed by atoms with Gasteiger partial charge in [-0.3, -0.25) is 14.6 Å². The molecule has 0 radical (unpaired) electrons. The van der Waals surface area contributed by atoms with E-state index in [2.05, 4.69) is 10.6 Å². The molecule has 5 nitrogen and oxygen atoms in total. The molecule has 0 bridgehead atoms. The van der Waals surface area contributed by atoms with Crippen LogP contribution in [0, 0.1) is 0 Å². The first-order chi connectivity index (χ1) is 8.28. The fourth-order valence-electron chi connectivity index (χ4n) is 1.35. The van der Waals surface area contributed by atoms with Crippen molar-refractivity contribution in [1.29, 1.82) is 0 Å². The molecular formula is C11H11ClN3O2+. The third-order valence-corrected chi connectivity index (χ3v) is 2.32. The molecule has 1 aromatic carbocycles. The number of alkyl halides is 1. The Morgan fingerprint density at radius 2 is 2.18 bits per heavy atom. The van der Waals surface area contributed by atoms with Crippen LogP contribution in [0.4, 0.5) is 5.88 Å². The van der Waals surface area contributed by atoms with Gasteiger partial charge >= 0.3 is 5.88 Å². The topological polar surface area (TPSA) is 59.0 Å². The van der Waals surface area contributed by atoms with Crippen LogP contribution in [-0.4, -0.2) is 17.1 Å². The van der Waals surface area contributed by atoms with Gasteiger partial charge in [0.05, 0.1) is 0 Å². The van der Waals surface area contributed by atoms with E-state index in [1.807, 2.05) is 30.3 Å². The number of anilines is 1. The van der Waals surface area contributed by atoms with Gasteiger partial charge in [0.2, 0.25) is 17.7 Å². The van der Waals surface area contributed by atoms with Gasteiger partial charge < -0.3 is 0 Å². The third-order valence-electron chi connectivity index (χ3n) is 2.08. The molecule has 0 aliphatic heterocycles. The Balaban J connectivity index is 2.01. The van der Waals surface area contributed by atoms with E-state index < -0.39 is 0 Å². The minimum Gasteiger partial charge on any atom is -0.288 e. The van der Waals surface area contributed by atoms with Gasteiger partial charge in [-0.1, -0.05) is 30.3 Å². The smallest absolute Gasteiger partial charge is 0.288 e. The monoisotopic (exact) mass is 252 g/mol. The van der Waals surface area contributed by atoms with Crippen molar-refractivity contribution < 1.29 is 14.0 Å². The van der Waals surface area contributed by atoms with Gasteiger partial charge in [-0.15, -0.1) is 11.6 Å². The zero-order valence-corrected chi connectivity index (χ0v) is 9.72. The standard InChI is InChI=1S/C11H10ClN3O2/c12-6-10(16)13-11-8-15(14-17-11)7-9-4-2-1-3-5-9/h1-5,8H,6-7H2/p+1. The second-order valence-corrected chi connectivity index (χ2v) is 3.70. The quantitative estimate of drug-likeness (QED) is 0.657. The van der Waals surface area contributed by atoms with Gasteiger partial charge in [-0.2, -0.15) is 0 Å². The molecule has 2 aromatic rings. The van der Waals surface area contributed by atoms with Gasteiger partial charge in [0, 0.05) is 5.56 Å². The zero-order valence-electron chi connectivity index (χ0n) is 8.97. The highest BCUT2D eigenvalue weighted by molar-refractivity contribution is 6.28. The third kappa shape index (κ3) is 3.29. The lowest BCUT2D eigenvalue weighted by Gasteiger charge is -1.91. The molecule has 0 aliphatic rings. The lowest BCUT2D eigenvalue weighted by molar-refractivity contribution is -0.754. The molecule has 1 amide bonds. The number of aromatic nitrogens is 2. The van der Waals surface area contributed by atoms with Crippen molar-refractivity contribution in [2.75, 3.05) is 11.2 Å². The maximum atomic E-state index is 11.0. The van der Waals surface area contributed by atoms with Crippen molar-refractivity contribution in [2.24, 2.45) is 0 Å². The Hall–Kier alpha value is -1.88. The summed E-state index contributed by atoms with van der Waals surface area (Å²) in [7, 11) is 0. The van der Waals surface area contributed by atoms with Crippen LogP contribution in [0.15, 0.2) is 41.1 Å². The Bertz CT molecular complexity index is 498. The summed E-state index contributed by atoms with van der Waals surface area (Å²) >= 11 is 5.36. The average molecular weight is 253 g/mol. The summed E-state index contributed by atoms with van der Waals surface area (Å²) in [6, 6.07) is 9.82. The van der Waals surface area contributed by atoms with Crippen molar-refractivity contribution in [1.82, 2.24) is 5.27 Å². The number of hydrogen-bond acceptors (Lipinski definition) is 3. The van der Waals surface area contributed by atoms with Crippen LogP contribution >= 0.6 is 11.6 Å². The van der Waals surface area contributed by atoms with Crippen LogP contribution in [0.2, 0.25) is 0 Å². The van der Waals surface area contributed by atoms with E-state index in [9.17, 15) is 4.79 Å². The summed E-state index contributed by atoms with van der Waals surface area (Å²) < 4.78 is 6.53. The first-order valence-corrected chi connectivity index (χ1v) is 5.57. The molecule has 0 saturated heterocycles. The van der Waals surface area contributed by atoms with E-state index >= 15 is 0 Å². The highest BCUT2D eigenvalue weighted by Gasteiger charge is 2.13. The molecule has 0 saturated carbocycles. The lowest BCUT2D eigenvalue weighted by Crippen LogP contribution is -2.35. The number of halogens is 1. The number of nitrogens with zero attached hydrogens (tertiary/aromatic N) is 2. The van der Waals surface area contributed by atoms with Gasteiger partial charge in [-0.25, -0.2) is 0 Å². The van der Waals surface area contributed by atoms with Crippen molar-refractivity contribution in [2.45, 2.75) is 6.54 Å². The summed E-state index contributed by atoms with van der Waals surface area (Å²) in [5.74, 6) is -0.152. The number of amides is 1. The predicted octanol–water partition coefficient (Wildman–Crippen LogP) is 1.19. The SMILES string of the molecule is O=C(CCl)Nc1c[n+](Cc2ccccc2)no1. The summed E-state index contributed by atoms with van der Waals surface area (Å²) in [5, 5.41) is 6.26. The molecule has 88 valence electrons. The number of carbonyl (C=O) groups excluding carboxylic acids is 1. The molecule has 0 aliphatic carbocycles. The molecular weight excluding hydrogens is 242 g/mol. The first kappa shape index (κ1) is 11.6. The van der Waals surface area contributed by atoms with E-state index in [-0.39, 0.29) is 17.7 Å². The number of rotatable bonds is 4. The van der Waals surface area contributed by atoms with Gasteiger partial charge in [0.1, 0.15) is 5.88 Å². The fourth-order valence-corrected chi connectivity index (χ4v) is 1.42. The van der Waals surface area contributed by atoms with E-state index in [0.29, 0.717) is 6.54 Å². The van der Waals surface area contributed by atoms with Crippen LogP contribution in [0.3, 0.4) is 0 Å². The molecule has 0 fully saturated rings. The first-order valence-electron chi connectivity index (χ1n) is 5.04. The van der Waals surface area contributed by atoms with E-state index in [4.69, 9.17) is 16.1 Å². The van der Waals surface area contributed by atoms with E-state index in [1.54, 1.807) is 10.9 Å². The van der Waals surface area contributed by atoms with E-state index in [1.165, 1.54) is 0 Å². The Morgan fingerprint density at radius 3 is 2.88 bits per heavy atom. The Labute approximate surface area is 103 Å². The molecule has 0 unspecified atom stereocenters. The van der Waals surface area contributed by atoms with Gasteiger partial charge in [0.15, 0.2) is 0 Å². The molecule has 1 N–H and O–H groups in total. The maximum absolute atomic E-state index is 11.0. The van der Waals surface area contributed by atoms with Crippen molar-refractivity contribution in [3.05, 3.63) is 42.1 Å². The average Bonchev–Trinajstić information content (AvgIpc) is 2.77. The number of nitrogens with one attached hydrogen (secondary N) is 1. The summed E-state index contributed by atoms with van der Waals surface area (Å²) in [5.41, 5.74) is 1.10. The Kier molecular flexibility index (Phi) is 3.72. The maximum Gasteiger partial charge on any atom is 0.302 e. The molecule has 6 heteroatoms. The second kappa shape index (κ2) is 5.45. The Morgan fingerprint density at radius 1 is 1.41 bits per heavy atom. The van der Waals surface area contributed by atoms with Crippen LogP contribution in [-0.2, 0) is 11.3 Å². The fraction of sp³-hybridized carbons (Fsp3) is 0.182. The zero-order chi connectivity index (χ0) is 12.1. The van der Waals surface area contributed by atoms with Crippen LogP contribution in [0.5, 0.6) is 0 Å². The number of benzene rings is 1. The molecule has 0 atom stereocenters. The molecule has 0 spiro atoms.